The number of benzene rings is 1. The second-order valence-electron chi connectivity index (χ2n) is 3.73. The van der Waals surface area contributed by atoms with Crippen molar-refractivity contribution in [3.63, 3.8) is 0 Å². The summed E-state index contributed by atoms with van der Waals surface area (Å²) >= 11 is 1.73. The van der Waals surface area contributed by atoms with Crippen LogP contribution in [0.1, 0.15) is 16.8 Å². The molecule has 1 aromatic heterocycles. The van der Waals surface area contributed by atoms with E-state index in [2.05, 4.69) is 36.2 Å². The van der Waals surface area contributed by atoms with Crippen LogP contribution in [0.25, 0.3) is 0 Å². The Bertz CT molecular complexity index is 558. The van der Waals surface area contributed by atoms with Gasteiger partial charge < -0.3 is 0 Å². The van der Waals surface area contributed by atoms with Gasteiger partial charge in [-0.25, -0.2) is 4.98 Å². The van der Waals surface area contributed by atoms with Gasteiger partial charge in [-0.05, 0) is 30.7 Å². The molecule has 0 saturated carbocycles. The van der Waals surface area contributed by atoms with Gasteiger partial charge in [0.25, 0.3) is 0 Å². The van der Waals surface area contributed by atoms with Gasteiger partial charge in [0.05, 0.1) is 0 Å². The normalized spacial score (nSPS) is 9.88. The van der Waals surface area contributed by atoms with Gasteiger partial charge in [0.15, 0.2) is 0 Å². The summed E-state index contributed by atoms with van der Waals surface area (Å²) in [4.78, 5) is 5.27. The number of aromatic nitrogens is 1. The Kier molecular flexibility index (Phi) is 3.79. The maximum atomic E-state index is 8.94. The van der Waals surface area contributed by atoms with Crippen molar-refractivity contribution in [2.45, 2.75) is 17.6 Å². The molecular weight excluding hydrogens is 228 g/mol. The molecule has 2 rings (SSSR count). The molecule has 0 unspecified atom stereocenters. The summed E-state index contributed by atoms with van der Waals surface area (Å²) in [5.74, 6) is 0.778. The van der Waals surface area contributed by atoms with Crippen molar-refractivity contribution in [2.75, 3.05) is 0 Å². The predicted molar refractivity (Wildman–Crippen MR) is 69.7 cm³/mol. The fourth-order valence-corrected chi connectivity index (χ4v) is 2.52. The van der Waals surface area contributed by atoms with Crippen LogP contribution in [-0.2, 0) is 5.75 Å². The van der Waals surface area contributed by atoms with E-state index < -0.39 is 0 Å². The van der Waals surface area contributed by atoms with E-state index in [9.17, 15) is 0 Å². The number of rotatable bonds is 3. The number of pyridine rings is 1. The third-order valence-electron chi connectivity index (χ3n) is 2.38. The highest BCUT2D eigenvalue weighted by Crippen LogP contribution is 2.24. The van der Waals surface area contributed by atoms with Crippen molar-refractivity contribution in [3.8, 4) is 6.07 Å². The van der Waals surface area contributed by atoms with E-state index in [1.54, 1.807) is 18.0 Å². The van der Waals surface area contributed by atoms with Gasteiger partial charge in [0, 0.05) is 16.8 Å². The van der Waals surface area contributed by atoms with Crippen molar-refractivity contribution in [2.24, 2.45) is 0 Å². The summed E-state index contributed by atoms with van der Waals surface area (Å²) in [5.41, 5.74) is 2.76. The van der Waals surface area contributed by atoms with Crippen LogP contribution in [0.5, 0.6) is 0 Å². The summed E-state index contributed by atoms with van der Waals surface area (Å²) in [7, 11) is 0. The zero-order valence-corrected chi connectivity index (χ0v) is 10.4. The molecule has 0 radical (unpaired) electrons. The lowest BCUT2D eigenvalue weighted by Crippen LogP contribution is -1.90. The summed E-state index contributed by atoms with van der Waals surface area (Å²) in [6, 6.07) is 14.3. The molecule has 0 fully saturated rings. The average Bonchev–Trinajstić information content (AvgIpc) is 2.37. The molecule has 2 nitrogen and oxygen atoms in total. The number of hydrogen-bond acceptors (Lipinski definition) is 3. The standard InChI is InChI=1S/C14H12N2S/c1-11-4-2-6-13(8-11)17-10-12-5-3-7-16-14(12)9-15/h2-8H,10H2,1H3. The van der Waals surface area contributed by atoms with Gasteiger partial charge >= 0.3 is 0 Å². The van der Waals surface area contributed by atoms with Crippen LogP contribution < -0.4 is 0 Å². The summed E-state index contributed by atoms with van der Waals surface area (Å²) in [6.45, 7) is 2.08. The van der Waals surface area contributed by atoms with Gasteiger partial charge in [-0.1, -0.05) is 23.8 Å². The molecule has 1 heterocycles. The number of aryl methyl sites for hydroxylation is 1. The predicted octanol–water partition coefficient (Wildman–Crippen LogP) is 3.55. The van der Waals surface area contributed by atoms with Crippen LogP contribution in [-0.4, -0.2) is 4.98 Å². The molecule has 17 heavy (non-hydrogen) atoms. The highest BCUT2D eigenvalue weighted by Gasteiger charge is 2.03. The highest BCUT2D eigenvalue weighted by atomic mass is 32.2. The van der Waals surface area contributed by atoms with Crippen LogP contribution in [0.3, 0.4) is 0 Å². The largest absolute Gasteiger partial charge is 0.245 e. The van der Waals surface area contributed by atoms with Crippen molar-refractivity contribution < 1.29 is 0 Å². The number of nitriles is 1. The molecule has 0 aliphatic rings. The lowest BCUT2D eigenvalue weighted by atomic mass is 10.2. The summed E-state index contributed by atoms with van der Waals surface area (Å²) in [6.07, 6.45) is 1.65. The molecule has 0 bridgehead atoms. The van der Waals surface area contributed by atoms with E-state index in [0.29, 0.717) is 5.69 Å². The maximum absolute atomic E-state index is 8.94. The van der Waals surface area contributed by atoms with Crippen molar-refractivity contribution in [1.29, 1.82) is 5.26 Å². The Morgan fingerprint density at radius 1 is 1.29 bits per heavy atom. The van der Waals surface area contributed by atoms with Crippen molar-refractivity contribution in [3.05, 3.63) is 59.4 Å². The molecule has 0 aliphatic carbocycles. The van der Waals surface area contributed by atoms with Crippen LogP contribution >= 0.6 is 11.8 Å². The second-order valence-corrected chi connectivity index (χ2v) is 4.78. The molecule has 0 atom stereocenters. The lowest BCUT2D eigenvalue weighted by molar-refractivity contribution is 1.19. The first-order chi connectivity index (χ1) is 8.29. The highest BCUT2D eigenvalue weighted by molar-refractivity contribution is 7.98. The lowest BCUT2D eigenvalue weighted by Gasteiger charge is -2.04. The number of nitrogens with zero attached hydrogens (tertiary/aromatic N) is 2. The molecular formula is C14H12N2S. The third kappa shape index (κ3) is 3.08. The molecule has 2 aromatic rings. The number of hydrogen-bond donors (Lipinski definition) is 0. The zero-order chi connectivity index (χ0) is 12.1. The average molecular weight is 240 g/mol. The summed E-state index contributed by atoms with van der Waals surface area (Å²) < 4.78 is 0. The van der Waals surface area contributed by atoms with Crippen LogP contribution in [0.4, 0.5) is 0 Å². The van der Waals surface area contributed by atoms with Crippen LogP contribution in [0.2, 0.25) is 0 Å². The topological polar surface area (TPSA) is 36.7 Å². The van der Waals surface area contributed by atoms with Crippen molar-refractivity contribution >= 4 is 11.8 Å². The second kappa shape index (κ2) is 5.51. The SMILES string of the molecule is Cc1cccc(SCc2cccnc2C#N)c1. The van der Waals surface area contributed by atoms with Crippen LogP contribution in [0.15, 0.2) is 47.5 Å². The third-order valence-corrected chi connectivity index (χ3v) is 3.42. The van der Waals surface area contributed by atoms with Gasteiger partial charge in [-0.3, -0.25) is 0 Å². The molecule has 0 N–H and O–H groups in total. The van der Waals surface area contributed by atoms with Crippen molar-refractivity contribution in [1.82, 2.24) is 4.98 Å². The quantitative estimate of drug-likeness (QED) is 0.770. The Hall–Kier alpha value is -1.79. The Morgan fingerprint density at radius 2 is 2.18 bits per heavy atom. The Balaban J connectivity index is 2.10. The Labute approximate surface area is 105 Å². The fourth-order valence-electron chi connectivity index (χ4n) is 1.52. The summed E-state index contributed by atoms with van der Waals surface area (Å²) in [5, 5.41) is 8.94. The first kappa shape index (κ1) is 11.7. The van der Waals surface area contributed by atoms with E-state index in [-0.39, 0.29) is 0 Å². The molecule has 0 saturated heterocycles. The molecule has 0 aliphatic heterocycles. The molecule has 84 valence electrons. The number of thioether (sulfide) groups is 1. The molecule has 3 heteroatoms. The smallest absolute Gasteiger partial charge is 0.144 e. The molecule has 0 spiro atoms. The fraction of sp³-hybridized carbons (Fsp3) is 0.143. The first-order valence-corrected chi connectivity index (χ1v) is 6.31. The van der Waals surface area contributed by atoms with Gasteiger partial charge in [-0.2, -0.15) is 5.26 Å². The minimum atomic E-state index is 0.521. The Morgan fingerprint density at radius 3 is 2.94 bits per heavy atom. The molecule has 0 amide bonds. The van der Waals surface area contributed by atoms with Crippen LogP contribution in [0, 0.1) is 18.3 Å². The van der Waals surface area contributed by atoms with E-state index in [1.807, 2.05) is 18.2 Å². The minimum Gasteiger partial charge on any atom is -0.245 e. The zero-order valence-electron chi connectivity index (χ0n) is 9.55. The molecule has 1 aromatic carbocycles. The van der Waals surface area contributed by atoms with E-state index in [0.717, 1.165) is 11.3 Å². The van der Waals surface area contributed by atoms with Gasteiger partial charge in [0.1, 0.15) is 11.8 Å². The van der Waals surface area contributed by atoms with E-state index in [4.69, 9.17) is 5.26 Å². The minimum absolute atomic E-state index is 0.521. The first-order valence-electron chi connectivity index (χ1n) is 5.33. The van der Waals surface area contributed by atoms with E-state index >= 15 is 0 Å². The van der Waals surface area contributed by atoms with E-state index in [1.165, 1.54) is 10.5 Å². The van der Waals surface area contributed by atoms with Gasteiger partial charge in [-0.15, -0.1) is 11.8 Å². The monoisotopic (exact) mass is 240 g/mol. The maximum Gasteiger partial charge on any atom is 0.144 e. The van der Waals surface area contributed by atoms with Gasteiger partial charge in [0.2, 0.25) is 0 Å².